The normalized spacial score (nSPS) is 9.89. The molecule has 0 amide bonds. The number of aldehydes is 1. The largest absolute Gasteiger partial charge is 0.380 e. The summed E-state index contributed by atoms with van der Waals surface area (Å²) >= 11 is 0. The van der Waals surface area contributed by atoms with E-state index < -0.39 is 4.92 Å². The number of nitro groups is 1. The SMILES string of the molecule is O=Cc1cc([N+](=O)[O-])ccc1NCc1ccccc1. The van der Waals surface area contributed by atoms with Gasteiger partial charge >= 0.3 is 0 Å². The number of carbonyl (C=O) groups excluding carboxylic acids is 1. The maximum Gasteiger partial charge on any atom is 0.270 e. The van der Waals surface area contributed by atoms with Gasteiger partial charge in [-0.1, -0.05) is 30.3 Å². The Hall–Kier alpha value is -2.69. The van der Waals surface area contributed by atoms with Gasteiger partial charge in [-0.2, -0.15) is 0 Å². The van der Waals surface area contributed by atoms with Crippen molar-refractivity contribution in [3.63, 3.8) is 0 Å². The van der Waals surface area contributed by atoms with Crippen molar-refractivity contribution in [3.8, 4) is 0 Å². The summed E-state index contributed by atoms with van der Waals surface area (Å²) < 4.78 is 0. The third-order valence-electron chi connectivity index (χ3n) is 2.70. The number of non-ortho nitro benzene ring substituents is 1. The Kier molecular flexibility index (Phi) is 3.87. The Morgan fingerprint density at radius 1 is 1.16 bits per heavy atom. The fourth-order valence-electron chi connectivity index (χ4n) is 1.72. The molecule has 0 aliphatic heterocycles. The maximum absolute atomic E-state index is 11.0. The van der Waals surface area contributed by atoms with Crippen LogP contribution in [0.25, 0.3) is 0 Å². The molecule has 0 atom stereocenters. The number of rotatable bonds is 5. The molecule has 0 saturated carbocycles. The molecule has 2 aromatic rings. The molecule has 19 heavy (non-hydrogen) atoms. The maximum atomic E-state index is 11.0. The van der Waals surface area contributed by atoms with Crippen LogP contribution in [0.15, 0.2) is 48.5 Å². The summed E-state index contributed by atoms with van der Waals surface area (Å²) in [4.78, 5) is 21.1. The first-order valence-electron chi connectivity index (χ1n) is 5.72. The number of nitrogens with one attached hydrogen (secondary N) is 1. The highest BCUT2D eigenvalue weighted by molar-refractivity contribution is 5.85. The van der Waals surface area contributed by atoms with Gasteiger partial charge in [0.25, 0.3) is 5.69 Å². The Balaban J connectivity index is 2.16. The van der Waals surface area contributed by atoms with Gasteiger partial charge in [-0.3, -0.25) is 14.9 Å². The number of hydrogen-bond acceptors (Lipinski definition) is 4. The van der Waals surface area contributed by atoms with Crippen LogP contribution in [-0.2, 0) is 6.54 Å². The van der Waals surface area contributed by atoms with Gasteiger partial charge in [0.1, 0.15) is 0 Å². The number of anilines is 1. The Morgan fingerprint density at radius 2 is 1.89 bits per heavy atom. The first kappa shape index (κ1) is 12.8. The zero-order valence-corrected chi connectivity index (χ0v) is 10.1. The molecule has 5 nitrogen and oxygen atoms in total. The molecule has 0 aromatic heterocycles. The number of nitro benzene ring substituents is 1. The lowest BCUT2D eigenvalue weighted by Crippen LogP contribution is -2.02. The number of nitrogens with zero attached hydrogens (tertiary/aromatic N) is 1. The van der Waals surface area contributed by atoms with Gasteiger partial charge in [0.05, 0.1) is 4.92 Å². The van der Waals surface area contributed by atoms with Gasteiger partial charge in [-0.25, -0.2) is 0 Å². The summed E-state index contributed by atoms with van der Waals surface area (Å²) in [5.74, 6) is 0. The van der Waals surface area contributed by atoms with E-state index in [1.807, 2.05) is 30.3 Å². The smallest absolute Gasteiger partial charge is 0.270 e. The minimum absolute atomic E-state index is 0.0904. The fourth-order valence-corrected chi connectivity index (χ4v) is 1.72. The molecule has 0 spiro atoms. The molecule has 96 valence electrons. The van der Waals surface area contributed by atoms with Crippen LogP contribution >= 0.6 is 0 Å². The highest BCUT2D eigenvalue weighted by Gasteiger charge is 2.09. The van der Waals surface area contributed by atoms with Crippen molar-refractivity contribution in [2.45, 2.75) is 6.54 Å². The van der Waals surface area contributed by atoms with Crippen LogP contribution in [0.1, 0.15) is 15.9 Å². The fraction of sp³-hybridized carbons (Fsp3) is 0.0714. The zero-order valence-electron chi connectivity index (χ0n) is 10.1. The van der Waals surface area contributed by atoms with Crippen LogP contribution in [0.2, 0.25) is 0 Å². The third-order valence-corrected chi connectivity index (χ3v) is 2.70. The molecule has 0 saturated heterocycles. The van der Waals surface area contributed by atoms with Crippen LogP contribution in [0.5, 0.6) is 0 Å². The van der Waals surface area contributed by atoms with Crippen molar-refractivity contribution in [1.82, 2.24) is 0 Å². The molecule has 2 aromatic carbocycles. The summed E-state index contributed by atoms with van der Waals surface area (Å²) in [6.45, 7) is 0.555. The van der Waals surface area contributed by atoms with Crippen LogP contribution in [0, 0.1) is 10.1 Å². The summed E-state index contributed by atoms with van der Waals surface area (Å²) in [5, 5.41) is 13.7. The second kappa shape index (κ2) is 5.77. The molecule has 0 radical (unpaired) electrons. The van der Waals surface area contributed by atoms with Crippen LogP contribution < -0.4 is 5.32 Å². The molecular weight excluding hydrogens is 244 g/mol. The molecule has 0 aliphatic rings. The van der Waals surface area contributed by atoms with E-state index in [-0.39, 0.29) is 11.3 Å². The molecule has 2 rings (SSSR count). The molecule has 1 N–H and O–H groups in total. The molecule has 0 fully saturated rings. The molecular formula is C14H12N2O3. The van der Waals surface area contributed by atoms with Gasteiger partial charge in [0, 0.05) is 29.9 Å². The standard InChI is InChI=1S/C14H12N2O3/c17-10-12-8-13(16(18)19)6-7-14(12)15-9-11-4-2-1-3-5-11/h1-8,10,15H,9H2. The summed E-state index contributed by atoms with van der Waals surface area (Å²) in [6, 6.07) is 13.9. The highest BCUT2D eigenvalue weighted by Crippen LogP contribution is 2.21. The first-order valence-corrected chi connectivity index (χ1v) is 5.72. The second-order valence-corrected chi connectivity index (χ2v) is 3.99. The van der Waals surface area contributed by atoms with E-state index >= 15 is 0 Å². The van der Waals surface area contributed by atoms with E-state index in [0.29, 0.717) is 18.5 Å². The number of carbonyl (C=O) groups is 1. The van der Waals surface area contributed by atoms with Gasteiger partial charge in [-0.05, 0) is 11.6 Å². The van der Waals surface area contributed by atoms with Crippen molar-refractivity contribution < 1.29 is 9.72 Å². The molecule has 0 bridgehead atoms. The topological polar surface area (TPSA) is 72.2 Å². The predicted octanol–water partition coefficient (Wildman–Crippen LogP) is 3.02. The van der Waals surface area contributed by atoms with Gasteiger partial charge < -0.3 is 5.32 Å². The first-order chi connectivity index (χ1) is 9.20. The van der Waals surface area contributed by atoms with Crippen molar-refractivity contribution >= 4 is 17.7 Å². The predicted molar refractivity (Wildman–Crippen MR) is 72.3 cm³/mol. The van der Waals surface area contributed by atoms with Crippen molar-refractivity contribution in [2.75, 3.05) is 5.32 Å². The molecule has 5 heteroatoms. The Morgan fingerprint density at radius 3 is 2.53 bits per heavy atom. The van der Waals surface area contributed by atoms with Crippen LogP contribution in [-0.4, -0.2) is 11.2 Å². The quantitative estimate of drug-likeness (QED) is 0.507. The second-order valence-electron chi connectivity index (χ2n) is 3.99. The van der Waals surface area contributed by atoms with E-state index in [4.69, 9.17) is 0 Å². The average molecular weight is 256 g/mol. The van der Waals surface area contributed by atoms with Crippen LogP contribution in [0.4, 0.5) is 11.4 Å². The number of benzene rings is 2. The zero-order chi connectivity index (χ0) is 13.7. The minimum atomic E-state index is -0.520. The average Bonchev–Trinajstić information content (AvgIpc) is 2.45. The van der Waals surface area contributed by atoms with Crippen LogP contribution in [0.3, 0.4) is 0 Å². The van der Waals surface area contributed by atoms with Gasteiger partial charge in [0.2, 0.25) is 0 Å². The third kappa shape index (κ3) is 3.16. The highest BCUT2D eigenvalue weighted by atomic mass is 16.6. The lowest BCUT2D eigenvalue weighted by Gasteiger charge is -2.08. The van der Waals surface area contributed by atoms with E-state index in [0.717, 1.165) is 5.56 Å². The van der Waals surface area contributed by atoms with E-state index in [9.17, 15) is 14.9 Å². The molecule has 0 aliphatic carbocycles. The van der Waals surface area contributed by atoms with Gasteiger partial charge in [-0.15, -0.1) is 0 Å². The summed E-state index contributed by atoms with van der Waals surface area (Å²) in [7, 11) is 0. The molecule has 0 unspecified atom stereocenters. The number of hydrogen-bond donors (Lipinski definition) is 1. The summed E-state index contributed by atoms with van der Waals surface area (Å²) in [6.07, 6.45) is 0.611. The van der Waals surface area contributed by atoms with E-state index in [1.54, 1.807) is 6.07 Å². The minimum Gasteiger partial charge on any atom is -0.380 e. The Labute approximate surface area is 110 Å². The van der Waals surface area contributed by atoms with Crippen molar-refractivity contribution in [1.29, 1.82) is 0 Å². The molecule has 0 heterocycles. The van der Waals surface area contributed by atoms with Crippen molar-refractivity contribution in [2.24, 2.45) is 0 Å². The van der Waals surface area contributed by atoms with E-state index in [2.05, 4.69) is 5.32 Å². The van der Waals surface area contributed by atoms with E-state index in [1.165, 1.54) is 12.1 Å². The monoisotopic (exact) mass is 256 g/mol. The lowest BCUT2D eigenvalue weighted by molar-refractivity contribution is -0.384. The lowest BCUT2D eigenvalue weighted by atomic mass is 10.1. The summed E-state index contributed by atoms with van der Waals surface area (Å²) in [5.41, 5.74) is 1.85. The van der Waals surface area contributed by atoms with Crippen molar-refractivity contribution in [3.05, 3.63) is 69.8 Å². The van der Waals surface area contributed by atoms with Gasteiger partial charge in [0.15, 0.2) is 6.29 Å². The Bertz CT molecular complexity index is 597.